The van der Waals surface area contributed by atoms with E-state index in [0.717, 1.165) is 25.1 Å². The molecule has 4 rings (SSSR count). The molecule has 2 aromatic heterocycles. The number of rotatable bonds is 5. The van der Waals surface area contributed by atoms with E-state index in [0.29, 0.717) is 29.6 Å². The van der Waals surface area contributed by atoms with Crippen LogP contribution in [0.5, 0.6) is 0 Å². The number of hydrogen-bond acceptors (Lipinski definition) is 6. The van der Waals surface area contributed by atoms with Crippen molar-refractivity contribution in [1.29, 1.82) is 0 Å². The first kappa shape index (κ1) is 16.5. The van der Waals surface area contributed by atoms with E-state index in [-0.39, 0.29) is 11.6 Å². The lowest BCUT2D eigenvalue weighted by Crippen LogP contribution is -2.23. The molecule has 1 atom stereocenters. The van der Waals surface area contributed by atoms with Crippen LogP contribution in [-0.2, 0) is 6.54 Å². The lowest BCUT2D eigenvalue weighted by molar-refractivity contribution is 0.0697. The van der Waals surface area contributed by atoms with Gasteiger partial charge in [0, 0.05) is 12.5 Å². The highest BCUT2D eigenvalue weighted by Crippen LogP contribution is 2.33. The summed E-state index contributed by atoms with van der Waals surface area (Å²) in [5.41, 5.74) is 0.813. The van der Waals surface area contributed by atoms with E-state index in [1.54, 1.807) is 31.2 Å². The van der Waals surface area contributed by atoms with Crippen LogP contribution in [0.2, 0.25) is 0 Å². The Morgan fingerprint density at radius 1 is 1.31 bits per heavy atom. The standard InChI is InChI=1S/C19H19N3O4/c1-12-20-18(21-26-12)16-7-4-10-22(16)11-13-8-9-17(25-13)14-5-2-3-6-15(14)19(23)24/h2-3,5-6,8-9,16H,4,7,10-11H2,1H3,(H,23,24)/t16-/m1/s1. The second-order valence-corrected chi connectivity index (χ2v) is 6.42. The van der Waals surface area contributed by atoms with Crippen molar-refractivity contribution in [3.63, 3.8) is 0 Å². The fraction of sp³-hybridized carbons (Fsp3) is 0.316. The minimum absolute atomic E-state index is 0.118. The average Bonchev–Trinajstić information content (AvgIpc) is 3.36. The summed E-state index contributed by atoms with van der Waals surface area (Å²) < 4.78 is 11.0. The molecule has 0 unspecified atom stereocenters. The first-order valence-corrected chi connectivity index (χ1v) is 8.57. The third kappa shape index (κ3) is 3.13. The van der Waals surface area contributed by atoms with Crippen LogP contribution in [0.1, 0.15) is 46.7 Å². The number of furan rings is 1. The van der Waals surface area contributed by atoms with Crippen LogP contribution < -0.4 is 0 Å². The molecule has 7 heteroatoms. The van der Waals surface area contributed by atoms with Gasteiger partial charge in [-0.15, -0.1) is 0 Å². The first-order valence-electron chi connectivity index (χ1n) is 8.57. The van der Waals surface area contributed by atoms with Crippen molar-refractivity contribution in [2.24, 2.45) is 0 Å². The number of hydrogen-bond donors (Lipinski definition) is 1. The predicted octanol–water partition coefficient (Wildman–Crippen LogP) is 3.67. The molecule has 0 saturated carbocycles. The summed E-state index contributed by atoms with van der Waals surface area (Å²) in [4.78, 5) is 18.0. The van der Waals surface area contributed by atoms with Gasteiger partial charge < -0.3 is 14.0 Å². The van der Waals surface area contributed by atoms with Gasteiger partial charge in [-0.1, -0.05) is 23.4 Å². The van der Waals surface area contributed by atoms with Crippen molar-refractivity contribution in [3.05, 3.63) is 59.4 Å². The van der Waals surface area contributed by atoms with Gasteiger partial charge in [-0.3, -0.25) is 4.90 Å². The third-order valence-corrected chi connectivity index (χ3v) is 4.65. The molecule has 7 nitrogen and oxygen atoms in total. The Bertz CT molecular complexity index is 930. The molecule has 1 N–H and O–H groups in total. The summed E-state index contributed by atoms with van der Waals surface area (Å²) in [6.07, 6.45) is 2.04. The molecule has 1 aliphatic heterocycles. The smallest absolute Gasteiger partial charge is 0.336 e. The zero-order valence-corrected chi connectivity index (χ0v) is 14.4. The van der Waals surface area contributed by atoms with Crippen molar-refractivity contribution in [2.45, 2.75) is 32.4 Å². The van der Waals surface area contributed by atoms with E-state index in [1.165, 1.54) is 0 Å². The van der Waals surface area contributed by atoms with Gasteiger partial charge in [0.25, 0.3) is 0 Å². The molecular formula is C19H19N3O4. The molecule has 1 fully saturated rings. The summed E-state index contributed by atoms with van der Waals surface area (Å²) in [7, 11) is 0. The molecule has 0 spiro atoms. The molecule has 3 heterocycles. The van der Waals surface area contributed by atoms with Crippen LogP contribution in [0.4, 0.5) is 0 Å². The molecule has 1 saturated heterocycles. The second kappa shape index (κ2) is 6.76. The molecule has 0 bridgehead atoms. The maximum Gasteiger partial charge on any atom is 0.336 e. The van der Waals surface area contributed by atoms with Crippen LogP contribution in [-0.4, -0.2) is 32.7 Å². The minimum Gasteiger partial charge on any atom is -0.478 e. The van der Waals surface area contributed by atoms with Gasteiger partial charge in [-0.05, 0) is 37.6 Å². The Morgan fingerprint density at radius 3 is 2.92 bits per heavy atom. The van der Waals surface area contributed by atoms with E-state index < -0.39 is 5.97 Å². The fourth-order valence-corrected chi connectivity index (χ4v) is 3.45. The topological polar surface area (TPSA) is 92.6 Å². The van der Waals surface area contributed by atoms with Crippen molar-refractivity contribution in [2.75, 3.05) is 6.54 Å². The Hall–Kier alpha value is -2.93. The molecule has 134 valence electrons. The van der Waals surface area contributed by atoms with Crippen molar-refractivity contribution < 1.29 is 18.8 Å². The number of likely N-dealkylation sites (tertiary alicyclic amines) is 1. The Balaban J connectivity index is 1.55. The SMILES string of the molecule is Cc1nc([C@H]2CCCN2Cc2ccc(-c3ccccc3C(=O)O)o2)no1. The zero-order chi connectivity index (χ0) is 18.1. The lowest BCUT2D eigenvalue weighted by atomic mass is 10.1. The van der Waals surface area contributed by atoms with Crippen molar-refractivity contribution >= 4 is 5.97 Å². The van der Waals surface area contributed by atoms with Crippen LogP contribution in [0, 0.1) is 6.92 Å². The molecule has 1 aliphatic rings. The number of benzene rings is 1. The summed E-state index contributed by atoms with van der Waals surface area (Å²) in [6.45, 7) is 3.34. The number of carbonyl (C=O) groups is 1. The molecule has 3 aromatic rings. The monoisotopic (exact) mass is 353 g/mol. The summed E-state index contributed by atoms with van der Waals surface area (Å²) in [5.74, 6) is 1.66. The first-order chi connectivity index (χ1) is 12.6. The highest BCUT2D eigenvalue weighted by atomic mass is 16.5. The second-order valence-electron chi connectivity index (χ2n) is 6.42. The zero-order valence-electron chi connectivity index (χ0n) is 14.4. The third-order valence-electron chi connectivity index (χ3n) is 4.65. The van der Waals surface area contributed by atoms with Crippen LogP contribution in [0.25, 0.3) is 11.3 Å². The number of aromatic carboxylic acids is 1. The summed E-state index contributed by atoms with van der Waals surface area (Å²) >= 11 is 0. The van der Waals surface area contributed by atoms with Gasteiger partial charge in [0.15, 0.2) is 5.82 Å². The van der Waals surface area contributed by atoms with Crippen molar-refractivity contribution in [3.8, 4) is 11.3 Å². The highest BCUT2D eigenvalue weighted by Gasteiger charge is 2.30. The summed E-state index contributed by atoms with van der Waals surface area (Å²) in [6, 6.07) is 10.7. The molecular weight excluding hydrogens is 334 g/mol. The number of aryl methyl sites for hydroxylation is 1. The number of nitrogens with zero attached hydrogens (tertiary/aromatic N) is 3. The normalized spacial score (nSPS) is 17.7. The Morgan fingerprint density at radius 2 is 2.15 bits per heavy atom. The number of aromatic nitrogens is 2. The number of carboxylic acid groups (broad SMARTS) is 1. The lowest BCUT2D eigenvalue weighted by Gasteiger charge is -2.20. The Kier molecular flexibility index (Phi) is 4.30. The molecule has 0 amide bonds. The highest BCUT2D eigenvalue weighted by molar-refractivity contribution is 5.95. The number of carboxylic acids is 1. The van der Waals surface area contributed by atoms with Gasteiger partial charge >= 0.3 is 5.97 Å². The predicted molar refractivity (Wildman–Crippen MR) is 92.5 cm³/mol. The molecule has 26 heavy (non-hydrogen) atoms. The Labute approximate surface area is 150 Å². The van der Waals surface area contributed by atoms with Gasteiger partial charge in [-0.2, -0.15) is 4.98 Å². The summed E-state index contributed by atoms with van der Waals surface area (Å²) in [5, 5.41) is 13.4. The van der Waals surface area contributed by atoms with E-state index in [1.807, 2.05) is 12.1 Å². The average molecular weight is 353 g/mol. The molecule has 1 aromatic carbocycles. The van der Waals surface area contributed by atoms with Gasteiger partial charge in [-0.25, -0.2) is 4.79 Å². The van der Waals surface area contributed by atoms with E-state index in [9.17, 15) is 9.90 Å². The molecule has 0 aliphatic carbocycles. The molecule has 0 radical (unpaired) electrons. The van der Waals surface area contributed by atoms with Gasteiger partial charge in [0.2, 0.25) is 5.89 Å². The maximum atomic E-state index is 11.4. The minimum atomic E-state index is -0.967. The largest absolute Gasteiger partial charge is 0.478 e. The van der Waals surface area contributed by atoms with E-state index in [2.05, 4.69) is 15.0 Å². The van der Waals surface area contributed by atoms with Crippen LogP contribution in [0.15, 0.2) is 45.3 Å². The van der Waals surface area contributed by atoms with Crippen molar-refractivity contribution in [1.82, 2.24) is 15.0 Å². The van der Waals surface area contributed by atoms with Gasteiger partial charge in [0.05, 0.1) is 18.2 Å². The fourth-order valence-electron chi connectivity index (χ4n) is 3.45. The van der Waals surface area contributed by atoms with E-state index in [4.69, 9.17) is 8.94 Å². The maximum absolute atomic E-state index is 11.4. The van der Waals surface area contributed by atoms with Crippen LogP contribution in [0.3, 0.4) is 0 Å². The van der Waals surface area contributed by atoms with Crippen LogP contribution >= 0.6 is 0 Å². The quantitative estimate of drug-likeness (QED) is 0.748. The van der Waals surface area contributed by atoms with Gasteiger partial charge in [0.1, 0.15) is 11.5 Å². The van der Waals surface area contributed by atoms with E-state index >= 15 is 0 Å².